The molecular formula is C19H21ClO. The molecule has 0 radical (unpaired) electrons. The quantitative estimate of drug-likeness (QED) is 0.708. The Morgan fingerprint density at radius 2 is 1.81 bits per heavy atom. The minimum absolute atomic E-state index is 0.0858. The van der Waals surface area contributed by atoms with Gasteiger partial charge in [-0.15, -0.1) is 11.6 Å². The zero-order valence-corrected chi connectivity index (χ0v) is 13.4. The summed E-state index contributed by atoms with van der Waals surface area (Å²) in [5, 5.41) is -0.0858. The molecule has 1 heterocycles. The molecule has 0 saturated heterocycles. The molecule has 0 N–H and O–H groups in total. The summed E-state index contributed by atoms with van der Waals surface area (Å²) in [5.74, 6) is 0. The van der Waals surface area contributed by atoms with Crippen LogP contribution in [0.2, 0.25) is 0 Å². The molecule has 0 spiro atoms. The standard InChI is InChI=1S/C19H21ClO/c1-3-13-5-6-14(4-2)18(9-13)19(20)15-7-8-16-11-21-12-17(16)10-15/h5-10,19H,3-4,11-12H2,1-2H3. The van der Waals surface area contributed by atoms with E-state index in [2.05, 4.69) is 50.2 Å². The Labute approximate surface area is 131 Å². The Morgan fingerprint density at radius 3 is 2.57 bits per heavy atom. The Hall–Kier alpha value is -1.31. The van der Waals surface area contributed by atoms with Gasteiger partial charge in [-0.05, 0) is 46.2 Å². The fourth-order valence-electron chi connectivity index (χ4n) is 2.95. The van der Waals surface area contributed by atoms with Crippen molar-refractivity contribution in [3.8, 4) is 0 Å². The summed E-state index contributed by atoms with van der Waals surface area (Å²) in [7, 11) is 0. The van der Waals surface area contributed by atoms with Gasteiger partial charge in [-0.1, -0.05) is 50.2 Å². The van der Waals surface area contributed by atoms with Gasteiger partial charge in [0.25, 0.3) is 0 Å². The molecule has 1 aliphatic rings. The van der Waals surface area contributed by atoms with Crippen LogP contribution in [0.4, 0.5) is 0 Å². The lowest BCUT2D eigenvalue weighted by molar-refractivity contribution is 0.134. The molecule has 2 aromatic rings. The fourth-order valence-corrected chi connectivity index (χ4v) is 3.29. The molecule has 1 unspecified atom stereocenters. The molecule has 3 rings (SSSR count). The van der Waals surface area contributed by atoms with Crippen molar-refractivity contribution in [3.05, 3.63) is 69.8 Å². The summed E-state index contributed by atoms with van der Waals surface area (Å²) in [5.41, 5.74) is 7.67. The summed E-state index contributed by atoms with van der Waals surface area (Å²) in [6.45, 7) is 5.81. The van der Waals surface area contributed by atoms with Gasteiger partial charge in [0, 0.05) is 0 Å². The lowest BCUT2D eigenvalue weighted by Crippen LogP contribution is -2.01. The lowest BCUT2D eigenvalue weighted by atomic mass is 9.93. The monoisotopic (exact) mass is 300 g/mol. The number of aryl methyl sites for hydroxylation is 2. The molecule has 1 aliphatic heterocycles. The van der Waals surface area contributed by atoms with E-state index < -0.39 is 0 Å². The SMILES string of the molecule is CCc1ccc(CC)c(C(Cl)c2ccc3c(c2)COC3)c1. The van der Waals surface area contributed by atoms with Crippen LogP contribution in [0.25, 0.3) is 0 Å². The number of alkyl halides is 1. The van der Waals surface area contributed by atoms with Crippen LogP contribution in [0.5, 0.6) is 0 Å². The normalized spacial score (nSPS) is 15.0. The summed E-state index contributed by atoms with van der Waals surface area (Å²) in [6.07, 6.45) is 2.05. The van der Waals surface area contributed by atoms with Gasteiger partial charge >= 0.3 is 0 Å². The van der Waals surface area contributed by atoms with Crippen molar-refractivity contribution in [1.29, 1.82) is 0 Å². The third-order valence-electron chi connectivity index (χ3n) is 4.31. The van der Waals surface area contributed by atoms with Crippen LogP contribution >= 0.6 is 11.6 Å². The van der Waals surface area contributed by atoms with Gasteiger partial charge in [-0.2, -0.15) is 0 Å². The first-order valence-corrected chi connectivity index (χ1v) is 8.11. The molecule has 0 bridgehead atoms. The van der Waals surface area contributed by atoms with Gasteiger partial charge in [0.2, 0.25) is 0 Å². The zero-order valence-electron chi connectivity index (χ0n) is 12.7. The number of ether oxygens (including phenoxy) is 1. The maximum absolute atomic E-state index is 6.81. The van der Waals surface area contributed by atoms with Crippen LogP contribution in [0, 0.1) is 0 Å². The van der Waals surface area contributed by atoms with Crippen LogP contribution < -0.4 is 0 Å². The number of benzene rings is 2. The average molecular weight is 301 g/mol. The first-order valence-electron chi connectivity index (χ1n) is 7.68. The third-order valence-corrected chi connectivity index (χ3v) is 4.80. The van der Waals surface area contributed by atoms with E-state index in [9.17, 15) is 0 Å². The largest absolute Gasteiger partial charge is 0.372 e. The molecule has 0 aliphatic carbocycles. The van der Waals surface area contributed by atoms with E-state index in [0.717, 1.165) is 19.4 Å². The maximum Gasteiger partial charge on any atom is 0.0838 e. The highest BCUT2D eigenvalue weighted by molar-refractivity contribution is 6.22. The van der Waals surface area contributed by atoms with E-state index >= 15 is 0 Å². The number of hydrogen-bond donors (Lipinski definition) is 0. The second-order valence-electron chi connectivity index (χ2n) is 5.62. The van der Waals surface area contributed by atoms with Crippen molar-refractivity contribution in [3.63, 3.8) is 0 Å². The Balaban J connectivity index is 1.99. The molecule has 2 heteroatoms. The average Bonchev–Trinajstić information content (AvgIpc) is 3.01. The summed E-state index contributed by atoms with van der Waals surface area (Å²) in [6, 6.07) is 13.2. The van der Waals surface area contributed by atoms with Crippen molar-refractivity contribution in [2.24, 2.45) is 0 Å². The van der Waals surface area contributed by atoms with E-state index in [1.165, 1.54) is 33.4 Å². The highest BCUT2D eigenvalue weighted by atomic mass is 35.5. The van der Waals surface area contributed by atoms with Gasteiger partial charge in [-0.25, -0.2) is 0 Å². The van der Waals surface area contributed by atoms with E-state index in [4.69, 9.17) is 16.3 Å². The molecule has 21 heavy (non-hydrogen) atoms. The number of rotatable bonds is 4. The van der Waals surface area contributed by atoms with Gasteiger partial charge in [0.1, 0.15) is 0 Å². The smallest absolute Gasteiger partial charge is 0.0838 e. The van der Waals surface area contributed by atoms with E-state index in [-0.39, 0.29) is 5.38 Å². The molecule has 0 saturated carbocycles. The zero-order chi connectivity index (χ0) is 14.8. The summed E-state index contributed by atoms with van der Waals surface area (Å²) in [4.78, 5) is 0. The molecule has 110 valence electrons. The minimum Gasteiger partial charge on any atom is -0.372 e. The predicted octanol–water partition coefficient (Wildman–Crippen LogP) is 5.17. The van der Waals surface area contributed by atoms with E-state index in [1.54, 1.807) is 0 Å². The molecule has 1 nitrogen and oxygen atoms in total. The van der Waals surface area contributed by atoms with Crippen molar-refractivity contribution in [1.82, 2.24) is 0 Å². The van der Waals surface area contributed by atoms with Crippen LogP contribution in [-0.2, 0) is 30.8 Å². The fraction of sp³-hybridized carbons (Fsp3) is 0.368. The molecule has 1 atom stereocenters. The second kappa shape index (κ2) is 6.21. The third kappa shape index (κ3) is 2.86. The van der Waals surface area contributed by atoms with Crippen LogP contribution in [-0.4, -0.2) is 0 Å². The van der Waals surface area contributed by atoms with Crippen molar-refractivity contribution in [2.75, 3.05) is 0 Å². The number of halogens is 1. The van der Waals surface area contributed by atoms with Gasteiger partial charge in [0.15, 0.2) is 0 Å². The van der Waals surface area contributed by atoms with Gasteiger partial charge in [0.05, 0.1) is 18.6 Å². The molecular weight excluding hydrogens is 280 g/mol. The Kier molecular flexibility index (Phi) is 4.32. The number of hydrogen-bond acceptors (Lipinski definition) is 1. The minimum atomic E-state index is -0.0858. The first-order chi connectivity index (χ1) is 10.2. The molecule has 0 amide bonds. The summed E-state index contributed by atoms with van der Waals surface area (Å²) < 4.78 is 5.49. The Morgan fingerprint density at radius 1 is 1.00 bits per heavy atom. The van der Waals surface area contributed by atoms with Crippen molar-refractivity contribution in [2.45, 2.75) is 45.3 Å². The molecule has 0 aromatic heterocycles. The summed E-state index contributed by atoms with van der Waals surface area (Å²) >= 11 is 6.81. The molecule has 2 aromatic carbocycles. The highest BCUT2D eigenvalue weighted by Gasteiger charge is 2.18. The lowest BCUT2D eigenvalue weighted by Gasteiger charge is -2.17. The van der Waals surface area contributed by atoms with Crippen LogP contribution in [0.15, 0.2) is 36.4 Å². The number of fused-ring (bicyclic) bond motifs is 1. The second-order valence-corrected chi connectivity index (χ2v) is 6.06. The van der Waals surface area contributed by atoms with Crippen molar-refractivity contribution < 1.29 is 4.74 Å². The van der Waals surface area contributed by atoms with Crippen LogP contribution in [0.1, 0.15) is 52.6 Å². The van der Waals surface area contributed by atoms with E-state index in [0.29, 0.717) is 6.61 Å². The Bertz CT molecular complexity index is 648. The topological polar surface area (TPSA) is 9.23 Å². The van der Waals surface area contributed by atoms with Gasteiger partial charge < -0.3 is 4.74 Å². The van der Waals surface area contributed by atoms with Gasteiger partial charge in [-0.3, -0.25) is 0 Å². The first kappa shape index (κ1) is 14.6. The molecule has 0 fully saturated rings. The highest BCUT2D eigenvalue weighted by Crippen LogP contribution is 2.34. The van der Waals surface area contributed by atoms with E-state index in [1.807, 2.05) is 0 Å². The maximum atomic E-state index is 6.81. The predicted molar refractivity (Wildman–Crippen MR) is 87.8 cm³/mol. The van der Waals surface area contributed by atoms with Crippen LogP contribution in [0.3, 0.4) is 0 Å². The van der Waals surface area contributed by atoms with Crippen molar-refractivity contribution >= 4 is 11.6 Å².